The van der Waals surface area contributed by atoms with Crippen LogP contribution in [0.25, 0.3) is 0 Å². The van der Waals surface area contributed by atoms with Crippen LogP contribution in [0, 0.1) is 11.6 Å². The normalized spacial score (nSPS) is 10.2. The first-order valence-electron chi connectivity index (χ1n) is 5.13. The van der Waals surface area contributed by atoms with Gasteiger partial charge >= 0.3 is 0 Å². The van der Waals surface area contributed by atoms with Gasteiger partial charge in [0.2, 0.25) is 0 Å². The Morgan fingerprint density at radius 2 is 1.78 bits per heavy atom. The van der Waals surface area contributed by atoms with E-state index in [4.69, 9.17) is 0 Å². The van der Waals surface area contributed by atoms with E-state index in [0.29, 0.717) is 10.5 Å². The predicted molar refractivity (Wildman–Crippen MR) is 68.0 cm³/mol. The maximum absolute atomic E-state index is 13.4. The molecule has 0 unspecified atom stereocenters. The molecule has 0 aliphatic heterocycles. The number of halogens is 2. The van der Waals surface area contributed by atoms with E-state index in [1.165, 1.54) is 12.1 Å². The Hall–Kier alpha value is -1.88. The summed E-state index contributed by atoms with van der Waals surface area (Å²) in [4.78, 5) is 12.3. The first kappa shape index (κ1) is 12.6. The number of thiol groups is 1. The van der Waals surface area contributed by atoms with Crippen LogP contribution in [0.2, 0.25) is 0 Å². The van der Waals surface area contributed by atoms with E-state index in [2.05, 4.69) is 17.9 Å². The van der Waals surface area contributed by atoms with Gasteiger partial charge in [-0.25, -0.2) is 8.78 Å². The molecular weight excluding hydrogens is 256 g/mol. The summed E-state index contributed by atoms with van der Waals surface area (Å²) in [6.45, 7) is 0. The maximum atomic E-state index is 13.4. The number of hydrogen-bond donors (Lipinski definition) is 2. The summed E-state index contributed by atoms with van der Waals surface area (Å²) >= 11 is 4.12. The van der Waals surface area contributed by atoms with Crippen LogP contribution in [0.15, 0.2) is 47.4 Å². The van der Waals surface area contributed by atoms with Crippen LogP contribution in [0.5, 0.6) is 0 Å². The number of carbonyl (C=O) groups is 1. The fraction of sp³-hybridized carbons (Fsp3) is 0. The molecular formula is C13H9F2NOS. The van der Waals surface area contributed by atoms with Crippen molar-refractivity contribution in [2.45, 2.75) is 4.90 Å². The lowest BCUT2D eigenvalue weighted by Gasteiger charge is -2.08. The van der Waals surface area contributed by atoms with Crippen molar-refractivity contribution in [1.82, 2.24) is 0 Å². The molecule has 5 heteroatoms. The minimum Gasteiger partial charge on any atom is -0.319 e. The molecule has 18 heavy (non-hydrogen) atoms. The maximum Gasteiger partial charge on any atom is 0.256 e. The van der Waals surface area contributed by atoms with E-state index < -0.39 is 17.5 Å². The first-order chi connectivity index (χ1) is 8.59. The third-order valence-corrected chi connectivity index (χ3v) is 2.74. The molecule has 0 atom stereocenters. The zero-order valence-corrected chi connectivity index (χ0v) is 10.0. The highest BCUT2D eigenvalue weighted by molar-refractivity contribution is 7.80. The van der Waals surface area contributed by atoms with Crippen molar-refractivity contribution < 1.29 is 13.6 Å². The van der Waals surface area contributed by atoms with Gasteiger partial charge < -0.3 is 5.32 Å². The fourth-order valence-electron chi connectivity index (χ4n) is 1.46. The van der Waals surface area contributed by atoms with Crippen molar-refractivity contribution in [3.05, 3.63) is 59.7 Å². The molecule has 0 heterocycles. The first-order valence-corrected chi connectivity index (χ1v) is 5.57. The average molecular weight is 265 g/mol. The largest absolute Gasteiger partial charge is 0.319 e. The summed E-state index contributed by atoms with van der Waals surface area (Å²) < 4.78 is 26.3. The number of benzene rings is 2. The third kappa shape index (κ3) is 2.51. The number of nitrogens with one attached hydrogen (secondary N) is 1. The Morgan fingerprint density at radius 3 is 2.50 bits per heavy atom. The van der Waals surface area contributed by atoms with Crippen molar-refractivity contribution in [1.29, 1.82) is 0 Å². The molecule has 0 fully saturated rings. The van der Waals surface area contributed by atoms with E-state index in [1.54, 1.807) is 24.3 Å². The van der Waals surface area contributed by atoms with Gasteiger partial charge in [-0.05, 0) is 24.3 Å². The summed E-state index contributed by atoms with van der Waals surface area (Å²) in [6, 6.07) is 10.2. The van der Waals surface area contributed by atoms with Gasteiger partial charge in [-0.2, -0.15) is 0 Å². The van der Waals surface area contributed by atoms with Crippen LogP contribution >= 0.6 is 12.6 Å². The summed E-state index contributed by atoms with van der Waals surface area (Å²) in [5.41, 5.74) is 0.0982. The average Bonchev–Trinajstić information content (AvgIpc) is 2.35. The summed E-state index contributed by atoms with van der Waals surface area (Å²) in [7, 11) is 0. The lowest BCUT2D eigenvalue weighted by atomic mass is 10.2. The third-order valence-electron chi connectivity index (χ3n) is 2.35. The molecule has 1 N–H and O–H groups in total. The molecule has 0 radical (unpaired) electrons. The molecule has 2 aromatic carbocycles. The monoisotopic (exact) mass is 265 g/mol. The van der Waals surface area contributed by atoms with E-state index in [-0.39, 0.29) is 5.69 Å². The molecule has 2 rings (SSSR count). The molecule has 0 saturated heterocycles. The lowest BCUT2D eigenvalue weighted by Crippen LogP contribution is -2.14. The lowest BCUT2D eigenvalue weighted by molar-refractivity contribution is 0.102. The Bertz CT molecular complexity index is 601. The Balaban J connectivity index is 2.27. The second kappa shape index (κ2) is 5.18. The van der Waals surface area contributed by atoms with Crippen LogP contribution in [0.1, 0.15) is 10.4 Å². The molecule has 2 nitrogen and oxygen atoms in total. The molecule has 0 saturated carbocycles. The number of carbonyl (C=O) groups excluding carboxylic acids is 1. The van der Waals surface area contributed by atoms with Crippen LogP contribution < -0.4 is 5.32 Å². The highest BCUT2D eigenvalue weighted by atomic mass is 32.1. The van der Waals surface area contributed by atoms with Crippen LogP contribution in [0.3, 0.4) is 0 Å². The van der Waals surface area contributed by atoms with Crippen molar-refractivity contribution in [2.24, 2.45) is 0 Å². The minimum absolute atomic E-state index is 0.198. The Labute approximate surface area is 108 Å². The highest BCUT2D eigenvalue weighted by Crippen LogP contribution is 2.19. The number of anilines is 1. The van der Waals surface area contributed by atoms with Gasteiger partial charge in [-0.3, -0.25) is 4.79 Å². The predicted octanol–water partition coefficient (Wildman–Crippen LogP) is 3.51. The molecule has 0 aliphatic rings. The van der Waals surface area contributed by atoms with Gasteiger partial charge in [0.05, 0.1) is 11.3 Å². The molecule has 0 aromatic heterocycles. The van der Waals surface area contributed by atoms with Crippen LogP contribution in [-0.4, -0.2) is 5.91 Å². The zero-order chi connectivity index (χ0) is 13.1. The number of hydrogen-bond acceptors (Lipinski definition) is 2. The Kier molecular flexibility index (Phi) is 3.62. The second-order valence-corrected chi connectivity index (χ2v) is 4.05. The van der Waals surface area contributed by atoms with Crippen LogP contribution in [0.4, 0.5) is 14.5 Å². The van der Waals surface area contributed by atoms with Crippen molar-refractivity contribution in [2.75, 3.05) is 5.32 Å². The molecule has 0 aliphatic carbocycles. The quantitative estimate of drug-likeness (QED) is 0.799. The van der Waals surface area contributed by atoms with E-state index in [9.17, 15) is 13.6 Å². The number of amides is 1. The molecule has 0 spiro atoms. The Morgan fingerprint density at radius 1 is 1.06 bits per heavy atom. The second-order valence-electron chi connectivity index (χ2n) is 3.57. The summed E-state index contributed by atoms with van der Waals surface area (Å²) in [5.74, 6) is -2.63. The SMILES string of the molecule is O=C(Nc1cccc(F)c1F)c1ccccc1S. The van der Waals surface area contributed by atoms with Crippen LogP contribution in [-0.2, 0) is 0 Å². The van der Waals surface area contributed by atoms with Gasteiger partial charge in [-0.15, -0.1) is 12.6 Å². The molecule has 92 valence electrons. The van der Waals surface area contributed by atoms with Gasteiger partial charge in [0.25, 0.3) is 5.91 Å². The van der Waals surface area contributed by atoms with Crippen molar-refractivity contribution in [3.63, 3.8) is 0 Å². The zero-order valence-electron chi connectivity index (χ0n) is 9.15. The molecule has 1 amide bonds. The van der Waals surface area contributed by atoms with Gasteiger partial charge in [0.15, 0.2) is 11.6 Å². The summed E-state index contributed by atoms with van der Waals surface area (Å²) in [6.07, 6.45) is 0. The molecule has 0 bridgehead atoms. The summed E-state index contributed by atoms with van der Waals surface area (Å²) in [5, 5.41) is 2.31. The van der Waals surface area contributed by atoms with Crippen molar-refractivity contribution in [3.8, 4) is 0 Å². The molecule has 2 aromatic rings. The standard InChI is InChI=1S/C13H9F2NOS/c14-9-5-3-6-10(12(9)15)16-13(17)8-4-1-2-7-11(8)18/h1-7,18H,(H,16,17). The van der Waals surface area contributed by atoms with Gasteiger partial charge in [0, 0.05) is 4.90 Å². The van der Waals surface area contributed by atoms with E-state index >= 15 is 0 Å². The van der Waals surface area contributed by atoms with Gasteiger partial charge in [0.1, 0.15) is 0 Å². The van der Waals surface area contributed by atoms with E-state index in [1.807, 2.05) is 0 Å². The van der Waals surface area contributed by atoms with Gasteiger partial charge in [-0.1, -0.05) is 18.2 Å². The number of rotatable bonds is 2. The van der Waals surface area contributed by atoms with Crippen molar-refractivity contribution >= 4 is 24.2 Å². The topological polar surface area (TPSA) is 29.1 Å². The smallest absolute Gasteiger partial charge is 0.256 e. The van der Waals surface area contributed by atoms with E-state index in [0.717, 1.165) is 6.07 Å². The highest BCUT2D eigenvalue weighted by Gasteiger charge is 2.13. The minimum atomic E-state index is -1.08. The fourth-order valence-corrected chi connectivity index (χ4v) is 1.72.